The molecule has 6 nitrogen and oxygen atoms in total. The SMILES string of the molecule is NNc1ncc(F)c(Nc2ccc3ncsc3c2)n1. The highest BCUT2D eigenvalue weighted by atomic mass is 32.1. The summed E-state index contributed by atoms with van der Waals surface area (Å²) < 4.78 is 14.6. The van der Waals surface area contributed by atoms with Crippen molar-refractivity contribution in [1.82, 2.24) is 15.0 Å². The van der Waals surface area contributed by atoms with Gasteiger partial charge in [-0.25, -0.2) is 20.2 Å². The smallest absolute Gasteiger partial charge is 0.239 e. The fourth-order valence-electron chi connectivity index (χ4n) is 1.59. The highest BCUT2D eigenvalue weighted by Crippen LogP contribution is 2.24. The van der Waals surface area contributed by atoms with Crippen LogP contribution in [0.3, 0.4) is 0 Å². The van der Waals surface area contributed by atoms with E-state index in [1.54, 1.807) is 11.6 Å². The van der Waals surface area contributed by atoms with E-state index < -0.39 is 5.82 Å². The number of aromatic nitrogens is 3. The third kappa shape index (κ3) is 2.30. The van der Waals surface area contributed by atoms with E-state index in [-0.39, 0.29) is 11.8 Å². The van der Waals surface area contributed by atoms with Gasteiger partial charge in [0.15, 0.2) is 11.6 Å². The number of hydrogen-bond acceptors (Lipinski definition) is 7. The van der Waals surface area contributed by atoms with Gasteiger partial charge in [-0.1, -0.05) is 0 Å². The lowest BCUT2D eigenvalue weighted by molar-refractivity contribution is 0.619. The minimum atomic E-state index is -0.552. The van der Waals surface area contributed by atoms with Crippen LogP contribution in [-0.4, -0.2) is 15.0 Å². The average Bonchev–Trinajstić information content (AvgIpc) is 2.89. The van der Waals surface area contributed by atoms with Crippen molar-refractivity contribution in [3.8, 4) is 0 Å². The quantitative estimate of drug-likeness (QED) is 0.502. The Bertz CT molecular complexity index is 728. The number of fused-ring (bicyclic) bond motifs is 1. The molecular weight excluding hydrogens is 267 g/mol. The highest BCUT2D eigenvalue weighted by molar-refractivity contribution is 7.16. The van der Waals surface area contributed by atoms with Gasteiger partial charge in [0.05, 0.1) is 21.9 Å². The lowest BCUT2D eigenvalue weighted by atomic mass is 10.3. The normalized spacial score (nSPS) is 10.6. The van der Waals surface area contributed by atoms with Gasteiger partial charge in [0.25, 0.3) is 0 Å². The van der Waals surface area contributed by atoms with Crippen molar-refractivity contribution in [3.05, 3.63) is 35.7 Å². The zero-order valence-electron chi connectivity index (χ0n) is 9.59. The Morgan fingerprint density at radius 3 is 3.00 bits per heavy atom. The summed E-state index contributed by atoms with van der Waals surface area (Å²) in [5.41, 5.74) is 5.65. The van der Waals surface area contributed by atoms with Crippen molar-refractivity contribution in [2.45, 2.75) is 0 Å². The van der Waals surface area contributed by atoms with E-state index in [0.717, 1.165) is 22.1 Å². The molecule has 0 amide bonds. The molecule has 0 aliphatic heterocycles. The number of hydrazine groups is 1. The molecule has 3 aromatic rings. The molecule has 0 unspecified atom stereocenters. The van der Waals surface area contributed by atoms with Crippen LogP contribution in [-0.2, 0) is 0 Å². The number of benzene rings is 1. The standard InChI is InChI=1S/C11H9FN6S/c12-7-4-14-11(18-13)17-10(7)16-6-1-2-8-9(3-6)19-5-15-8/h1-5H,13H2,(H2,14,16,17,18). The first-order chi connectivity index (χ1) is 9.26. The van der Waals surface area contributed by atoms with Crippen LogP contribution in [0.25, 0.3) is 10.2 Å². The molecule has 2 aromatic heterocycles. The molecule has 1 aromatic carbocycles. The van der Waals surface area contributed by atoms with Crippen LogP contribution < -0.4 is 16.6 Å². The number of hydrogen-bond donors (Lipinski definition) is 3. The summed E-state index contributed by atoms with van der Waals surface area (Å²) in [6, 6.07) is 5.54. The number of rotatable bonds is 3. The van der Waals surface area contributed by atoms with Gasteiger partial charge >= 0.3 is 0 Å². The third-order valence-corrected chi connectivity index (χ3v) is 3.26. The molecule has 0 atom stereocenters. The summed E-state index contributed by atoms with van der Waals surface area (Å²) in [5.74, 6) is 4.84. The van der Waals surface area contributed by atoms with Crippen molar-refractivity contribution in [2.75, 3.05) is 10.7 Å². The van der Waals surface area contributed by atoms with E-state index in [1.165, 1.54) is 11.3 Å². The number of nitrogens with two attached hydrogens (primary N) is 1. The fourth-order valence-corrected chi connectivity index (χ4v) is 2.31. The van der Waals surface area contributed by atoms with E-state index in [4.69, 9.17) is 5.84 Å². The first-order valence-electron chi connectivity index (χ1n) is 5.36. The molecule has 0 spiro atoms. The maximum atomic E-state index is 13.6. The van der Waals surface area contributed by atoms with Gasteiger partial charge in [-0.2, -0.15) is 4.98 Å². The number of anilines is 3. The lowest BCUT2D eigenvalue weighted by Gasteiger charge is -2.07. The molecule has 0 aliphatic rings. The summed E-state index contributed by atoms with van der Waals surface area (Å²) in [6.07, 6.45) is 1.05. The van der Waals surface area contributed by atoms with E-state index in [1.807, 2.05) is 12.1 Å². The van der Waals surface area contributed by atoms with Crippen molar-refractivity contribution >= 4 is 39.0 Å². The Morgan fingerprint density at radius 1 is 1.26 bits per heavy atom. The first kappa shape index (κ1) is 11.8. The average molecular weight is 276 g/mol. The Morgan fingerprint density at radius 2 is 2.16 bits per heavy atom. The number of nitrogen functional groups attached to an aromatic ring is 1. The van der Waals surface area contributed by atoms with E-state index in [2.05, 4.69) is 25.7 Å². The molecule has 19 heavy (non-hydrogen) atoms. The van der Waals surface area contributed by atoms with Gasteiger partial charge in [0.1, 0.15) is 0 Å². The fraction of sp³-hybridized carbons (Fsp3) is 0. The van der Waals surface area contributed by atoms with Crippen LogP contribution in [0.2, 0.25) is 0 Å². The van der Waals surface area contributed by atoms with Gasteiger partial charge in [-0.05, 0) is 18.2 Å². The molecule has 8 heteroatoms. The number of nitrogens with one attached hydrogen (secondary N) is 2. The van der Waals surface area contributed by atoms with Crippen molar-refractivity contribution in [1.29, 1.82) is 0 Å². The van der Waals surface area contributed by atoms with E-state index in [0.29, 0.717) is 0 Å². The minimum Gasteiger partial charge on any atom is -0.338 e. The summed E-state index contributed by atoms with van der Waals surface area (Å²) in [7, 11) is 0. The third-order valence-electron chi connectivity index (χ3n) is 2.47. The van der Waals surface area contributed by atoms with Crippen molar-refractivity contribution in [2.24, 2.45) is 5.84 Å². The largest absolute Gasteiger partial charge is 0.338 e. The van der Waals surface area contributed by atoms with Gasteiger partial charge < -0.3 is 5.32 Å². The maximum absolute atomic E-state index is 13.6. The summed E-state index contributed by atoms with van der Waals surface area (Å²) in [5, 5.41) is 2.89. The zero-order chi connectivity index (χ0) is 13.2. The molecular formula is C11H9FN6S. The van der Waals surface area contributed by atoms with Crippen LogP contribution in [0.5, 0.6) is 0 Å². The molecule has 4 N–H and O–H groups in total. The molecule has 0 fully saturated rings. The Labute approximate surface area is 111 Å². The molecule has 0 radical (unpaired) electrons. The Kier molecular flexibility index (Phi) is 2.94. The molecule has 2 heterocycles. The monoisotopic (exact) mass is 276 g/mol. The molecule has 0 bridgehead atoms. The summed E-state index contributed by atoms with van der Waals surface area (Å²) in [6.45, 7) is 0. The molecule has 3 rings (SSSR count). The second-order valence-corrected chi connectivity index (χ2v) is 4.58. The van der Waals surface area contributed by atoms with Gasteiger partial charge in [0.2, 0.25) is 5.95 Å². The molecule has 0 saturated heterocycles. The topological polar surface area (TPSA) is 88.8 Å². The van der Waals surface area contributed by atoms with E-state index >= 15 is 0 Å². The second-order valence-electron chi connectivity index (χ2n) is 3.69. The minimum absolute atomic E-state index is 0.0619. The predicted molar refractivity (Wildman–Crippen MR) is 72.7 cm³/mol. The van der Waals surface area contributed by atoms with Gasteiger partial charge in [-0.15, -0.1) is 11.3 Å². The summed E-state index contributed by atoms with van der Waals surface area (Å²) >= 11 is 1.51. The Balaban J connectivity index is 1.95. The van der Waals surface area contributed by atoms with Gasteiger partial charge in [0, 0.05) is 5.69 Å². The van der Waals surface area contributed by atoms with Crippen LogP contribution >= 0.6 is 11.3 Å². The zero-order valence-corrected chi connectivity index (χ0v) is 10.4. The molecule has 96 valence electrons. The highest BCUT2D eigenvalue weighted by Gasteiger charge is 2.07. The molecule has 0 aliphatic carbocycles. The Hall–Kier alpha value is -2.32. The first-order valence-corrected chi connectivity index (χ1v) is 6.23. The summed E-state index contributed by atoms with van der Waals surface area (Å²) in [4.78, 5) is 11.8. The lowest BCUT2D eigenvalue weighted by Crippen LogP contribution is -2.11. The number of thiazole rings is 1. The van der Waals surface area contributed by atoms with Crippen LogP contribution in [0.1, 0.15) is 0 Å². The number of halogens is 1. The van der Waals surface area contributed by atoms with Crippen LogP contribution in [0, 0.1) is 5.82 Å². The van der Waals surface area contributed by atoms with Crippen molar-refractivity contribution in [3.63, 3.8) is 0 Å². The molecule has 0 saturated carbocycles. The van der Waals surface area contributed by atoms with Crippen molar-refractivity contribution < 1.29 is 4.39 Å². The van der Waals surface area contributed by atoms with Crippen LogP contribution in [0.15, 0.2) is 29.9 Å². The van der Waals surface area contributed by atoms with Gasteiger partial charge in [-0.3, -0.25) is 5.43 Å². The second kappa shape index (κ2) is 4.75. The van der Waals surface area contributed by atoms with Crippen LogP contribution in [0.4, 0.5) is 21.8 Å². The maximum Gasteiger partial charge on any atom is 0.239 e. The number of nitrogens with zero attached hydrogens (tertiary/aromatic N) is 3. The van der Waals surface area contributed by atoms with E-state index in [9.17, 15) is 4.39 Å². The predicted octanol–water partition coefficient (Wildman–Crippen LogP) is 2.25.